The number of aromatic nitrogens is 2. The number of sulfonamides is 1. The summed E-state index contributed by atoms with van der Waals surface area (Å²) in [7, 11) is -2.06. The van der Waals surface area contributed by atoms with Gasteiger partial charge in [-0.3, -0.25) is 4.79 Å². The van der Waals surface area contributed by atoms with Gasteiger partial charge in [-0.1, -0.05) is 42.5 Å². The highest BCUT2D eigenvalue weighted by Gasteiger charge is 2.43. The van der Waals surface area contributed by atoms with Gasteiger partial charge in [-0.2, -0.15) is 8.78 Å². The van der Waals surface area contributed by atoms with Gasteiger partial charge in [0.15, 0.2) is 5.03 Å². The van der Waals surface area contributed by atoms with Crippen LogP contribution in [-0.2, 0) is 33.7 Å². The van der Waals surface area contributed by atoms with Crippen LogP contribution in [0.5, 0.6) is 5.75 Å². The minimum atomic E-state index is -3.74. The Hall–Kier alpha value is -3.31. The zero-order valence-electron chi connectivity index (χ0n) is 19.8. The van der Waals surface area contributed by atoms with E-state index in [1.807, 2.05) is 48.5 Å². The van der Waals surface area contributed by atoms with Gasteiger partial charge in [0.2, 0.25) is 0 Å². The van der Waals surface area contributed by atoms with Crippen LogP contribution >= 0.6 is 0 Å². The third-order valence-electron chi connectivity index (χ3n) is 6.30. The molecule has 1 unspecified atom stereocenters. The van der Waals surface area contributed by atoms with Gasteiger partial charge in [-0.25, -0.2) is 18.1 Å². The van der Waals surface area contributed by atoms with Crippen molar-refractivity contribution in [1.82, 2.24) is 19.2 Å². The van der Waals surface area contributed by atoms with Crippen LogP contribution in [0.25, 0.3) is 0 Å². The Morgan fingerprint density at radius 2 is 1.97 bits per heavy atom. The molecular formula is C25H28F2N4O4S. The van der Waals surface area contributed by atoms with Crippen molar-refractivity contribution in [3.05, 3.63) is 78.2 Å². The lowest BCUT2D eigenvalue weighted by atomic mass is 9.75. The predicted molar refractivity (Wildman–Crippen MR) is 129 cm³/mol. The summed E-state index contributed by atoms with van der Waals surface area (Å²) < 4.78 is 60.7. The van der Waals surface area contributed by atoms with Gasteiger partial charge in [-0.15, -0.1) is 0 Å². The van der Waals surface area contributed by atoms with Gasteiger partial charge in [0.25, 0.3) is 15.9 Å². The first kappa shape index (κ1) is 25.8. The van der Waals surface area contributed by atoms with Gasteiger partial charge >= 0.3 is 6.43 Å². The molecule has 0 bridgehead atoms. The first-order chi connectivity index (χ1) is 17.2. The topological polar surface area (TPSA) is 93.5 Å². The van der Waals surface area contributed by atoms with Crippen molar-refractivity contribution in [2.24, 2.45) is 7.05 Å². The minimum Gasteiger partial charge on any atom is -0.492 e. The normalized spacial score (nSPS) is 18.1. The first-order valence-electron chi connectivity index (χ1n) is 11.5. The van der Waals surface area contributed by atoms with Crippen LogP contribution in [-0.4, -0.2) is 61.4 Å². The summed E-state index contributed by atoms with van der Waals surface area (Å²) in [6.45, 7) is 0.543. The van der Waals surface area contributed by atoms with E-state index < -0.39 is 27.8 Å². The van der Waals surface area contributed by atoms with Gasteiger partial charge in [0, 0.05) is 38.3 Å². The highest BCUT2D eigenvalue weighted by molar-refractivity contribution is 7.89. The zero-order valence-corrected chi connectivity index (χ0v) is 20.6. The molecule has 1 atom stereocenters. The quantitative estimate of drug-likeness (QED) is 0.417. The number of amides is 1. The van der Waals surface area contributed by atoms with Crippen molar-refractivity contribution in [2.45, 2.75) is 29.7 Å². The smallest absolute Gasteiger partial charge is 0.315 e. The van der Waals surface area contributed by atoms with E-state index in [0.717, 1.165) is 11.1 Å². The third-order valence-corrected chi connectivity index (χ3v) is 7.65. The molecule has 1 amide bonds. The number of halogens is 2. The number of imidazole rings is 1. The second-order valence-corrected chi connectivity index (χ2v) is 10.6. The summed E-state index contributed by atoms with van der Waals surface area (Å²) in [5.41, 5.74) is 1.37. The summed E-state index contributed by atoms with van der Waals surface area (Å²) in [6.07, 6.45) is 0.882. The molecule has 192 valence electrons. The Labute approximate surface area is 209 Å². The van der Waals surface area contributed by atoms with Crippen molar-refractivity contribution < 1.29 is 26.7 Å². The molecule has 2 heterocycles. The zero-order chi connectivity index (χ0) is 25.8. The fraction of sp³-hybridized carbons (Fsp3) is 0.360. The monoisotopic (exact) mass is 518 g/mol. The molecule has 0 radical (unpaired) electrons. The maximum atomic E-state index is 13.1. The number of nitrogens with one attached hydrogen (secondary N) is 1. The Bertz CT molecular complexity index is 1300. The van der Waals surface area contributed by atoms with E-state index in [-0.39, 0.29) is 31.3 Å². The number of nitrogens with zero attached hydrogens (tertiary/aromatic N) is 3. The number of hydrogen-bond donors (Lipinski definition) is 1. The van der Waals surface area contributed by atoms with Gasteiger partial charge in [0.05, 0.1) is 6.33 Å². The molecule has 0 aliphatic carbocycles. The summed E-state index contributed by atoms with van der Waals surface area (Å²) in [4.78, 5) is 17.1. The summed E-state index contributed by atoms with van der Waals surface area (Å²) in [5, 5.41) is -0.0704. The van der Waals surface area contributed by atoms with Gasteiger partial charge in [0.1, 0.15) is 12.4 Å². The number of alkyl halides is 2. The number of ether oxygens (including phenoxy) is 1. The molecule has 1 fully saturated rings. The standard InChI is InChI=1S/C25H28F2N4O4S/c1-30-16-22(28-18-30)36(33,34)29-11-13-35-21-9-5-8-20(14-21)25(15-19-6-3-2-4-7-19)10-12-31(17-25)24(32)23(26)27/h2-9,14,16,18,23,29H,10-13,15,17H2,1H3. The molecule has 3 aromatic rings. The average Bonchev–Trinajstić information content (AvgIpc) is 3.50. The van der Waals surface area contributed by atoms with E-state index in [9.17, 15) is 22.0 Å². The van der Waals surface area contributed by atoms with Gasteiger partial charge < -0.3 is 14.2 Å². The first-order valence-corrected chi connectivity index (χ1v) is 13.0. The maximum absolute atomic E-state index is 13.1. The Kier molecular flexibility index (Phi) is 7.70. The van der Waals surface area contributed by atoms with E-state index in [1.54, 1.807) is 17.7 Å². The fourth-order valence-electron chi connectivity index (χ4n) is 4.53. The van der Waals surface area contributed by atoms with Crippen LogP contribution < -0.4 is 9.46 Å². The molecule has 1 N–H and O–H groups in total. The van der Waals surface area contributed by atoms with Crippen LogP contribution in [0.4, 0.5) is 8.78 Å². The molecule has 0 saturated carbocycles. The minimum absolute atomic E-state index is 0.0367. The Balaban J connectivity index is 1.47. The van der Waals surface area contributed by atoms with Crippen molar-refractivity contribution in [2.75, 3.05) is 26.2 Å². The maximum Gasteiger partial charge on any atom is 0.315 e. The SMILES string of the molecule is Cn1cnc(S(=O)(=O)NCCOc2cccc(C3(Cc4ccccc4)CCN(C(=O)C(F)F)C3)c2)c1. The number of carbonyl (C=O) groups excluding carboxylic acids is 1. The molecule has 1 saturated heterocycles. The van der Waals surface area contributed by atoms with Gasteiger partial charge in [-0.05, 0) is 36.1 Å². The molecule has 8 nitrogen and oxygen atoms in total. The number of rotatable bonds is 10. The lowest BCUT2D eigenvalue weighted by Crippen LogP contribution is -2.38. The Morgan fingerprint density at radius 1 is 1.19 bits per heavy atom. The molecule has 1 aliphatic rings. The van der Waals surface area contributed by atoms with Crippen LogP contribution in [0.3, 0.4) is 0 Å². The summed E-state index contributed by atoms with van der Waals surface area (Å²) in [5.74, 6) is -0.631. The molecule has 4 rings (SSSR count). The second-order valence-electron chi connectivity index (χ2n) is 8.90. The van der Waals surface area contributed by atoms with E-state index in [4.69, 9.17) is 4.74 Å². The lowest BCUT2D eigenvalue weighted by Gasteiger charge is -2.31. The van der Waals surface area contributed by atoms with Crippen molar-refractivity contribution >= 4 is 15.9 Å². The molecular weight excluding hydrogens is 490 g/mol. The molecule has 1 aliphatic heterocycles. The van der Waals surface area contributed by atoms with Crippen molar-refractivity contribution in [1.29, 1.82) is 0 Å². The fourth-order valence-corrected chi connectivity index (χ4v) is 5.52. The number of hydrogen-bond acceptors (Lipinski definition) is 5. The second kappa shape index (κ2) is 10.8. The number of aryl methyl sites for hydroxylation is 1. The van der Waals surface area contributed by atoms with E-state index in [2.05, 4.69) is 9.71 Å². The third kappa shape index (κ3) is 5.90. The molecule has 1 aromatic heterocycles. The van der Waals surface area contributed by atoms with Crippen LogP contribution in [0.15, 0.2) is 72.1 Å². The highest BCUT2D eigenvalue weighted by atomic mass is 32.2. The molecule has 0 spiro atoms. The van der Waals surface area contributed by atoms with E-state index in [1.165, 1.54) is 17.4 Å². The molecule has 11 heteroatoms. The highest BCUT2D eigenvalue weighted by Crippen LogP contribution is 2.39. The number of likely N-dealkylation sites (tertiary alicyclic amines) is 1. The number of carbonyl (C=O) groups is 1. The van der Waals surface area contributed by atoms with E-state index in [0.29, 0.717) is 18.6 Å². The lowest BCUT2D eigenvalue weighted by molar-refractivity contribution is -0.141. The summed E-state index contributed by atoms with van der Waals surface area (Å²) in [6, 6.07) is 17.0. The molecule has 2 aromatic carbocycles. The number of benzene rings is 2. The Morgan fingerprint density at radius 3 is 2.67 bits per heavy atom. The van der Waals surface area contributed by atoms with Crippen LogP contribution in [0, 0.1) is 0 Å². The van der Waals surface area contributed by atoms with Crippen LogP contribution in [0.2, 0.25) is 0 Å². The van der Waals surface area contributed by atoms with Crippen molar-refractivity contribution in [3.8, 4) is 5.75 Å². The van der Waals surface area contributed by atoms with E-state index >= 15 is 0 Å². The van der Waals surface area contributed by atoms with Crippen LogP contribution in [0.1, 0.15) is 17.5 Å². The van der Waals surface area contributed by atoms with Crippen molar-refractivity contribution in [3.63, 3.8) is 0 Å². The predicted octanol–water partition coefficient (Wildman–Crippen LogP) is 2.76. The molecule has 36 heavy (non-hydrogen) atoms. The summed E-state index contributed by atoms with van der Waals surface area (Å²) >= 11 is 0. The largest absolute Gasteiger partial charge is 0.492 e. The average molecular weight is 519 g/mol.